The van der Waals surface area contributed by atoms with Gasteiger partial charge in [-0.2, -0.15) is 0 Å². The summed E-state index contributed by atoms with van der Waals surface area (Å²) < 4.78 is 5.48. The first-order valence-electron chi connectivity index (χ1n) is 9.25. The van der Waals surface area contributed by atoms with E-state index in [2.05, 4.69) is 43.0 Å². The molecule has 0 aromatic heterocycles. The van der Waals surface area contributed by atoms with E-state index in [-0.39, 0.29) is 18.2 Å². The molecule has 140 valence electrons. The molecule has 1 saturated heterocycles. The Morgan fingerprint density at radius 1 is 1.16 bits per heavy atom. The van der Waals surface area contributed by atoms with Crippen molar-refractivity contribution in [1.29, 1.82) is 0 Å². The third kappa shape index (κ3) is 5.44. The van der Waals surface area contributed by atoms with Crippen molar-refractivity contribution < 1.29 is 9.53 Å². The summed E-state index contributed by atoms with van der Waals surface area (Å²) in [5.41, 5.74) is 8.50. The SMILES string of the molecule is CCC(N)C(c1ccc(C)cc1)N1CCN(C(=O)OC(C)(C)C)CC1. The number of benzene rings is 1. The number of amides is 1. The summed E-state index contributed by atoms with van der Waals surface area (Å²) in [6.45, 7) is 12.9. The average Bonchev–Trinajstić information content (AvgIpc) is 2.55. The summed E-state index contributed by atoms with van der Waals surface area (Å²) >= 11 is 0. The predicted molar refractivity (Wildman–Crippen MR) is 102 cm³/mol. The molecular formula is C20H33N3O2. The highest BCUT2D eigenvalue weighted by molar-refractivity contribution is 5.68. The first-order chi connectivity index (χ1) is 11.7. The summed E-state index contributed by atoms with van der Waals surface area (Å²) in [7, 11) is 0. The molecule has 2 unspecified atom stereocenters. The van der Waals surface area contributed by atoms with Crippen molar-refractivity contribution in [2.45, 2.75) is 58.7 Å². The van der Waals surface area contributed by atoms with Crippen molar-refractivity contribution in [3.63, 3.8) is 0 Å². The van der Waals surface area contributed by atoms with Crippen LogP contribution in [-0.4, -0.2) is 53.7 Å². The van der Waals surface area contributed by atoms with Gasteiger partial charge in [0.2, 0.25) is 0 Å². The van der Waals surface area contributed by atoms with E-state index in [0.29, 0.717) is 13.1 Å². The highest BCUT2D eigenvalue weighted by Gasteiger charge is 2.31. The minimum atomic E-state index is -0.455. The van der Waals surface area contributed by atoms with Gasteiger partial charge in [0.15, 0.2) is 0 Å². The zero-order valence-electron chi connectivity index (χ0n) is 16.3. The van der Waals surface area contributed by atoms with Gasteiger partial charge in [-0.1, -0.05) is 36.8 Å². The van der Waals surface area contributed by atoms with E-state index >= 15 is 0 Å². The molecule has 5 heteroatoms. The maximum Gasteiger partial charge on any atom is 0.410 e. The number of carbonyl (C=O) groups is 1. The fourth-order valence-electron chi connectivity index (χ4n) is 3.22. The Hall–Kier alpha value is -1.59. The number of hydrogen-bond donors (Lipinski definition) is 1. The van der Waals surface area contributed by atoms with Crippen molar-refractivity contribution in [3.8, 4) is 0 Å². The minimum absolute atomic E-state index is 0.0794. The molecule has 2 N–H and O–H groups in total. The standard InChI is InChI=1S/C20H33N3O2/c1-6-17(21)18(16-9-7-15(2)8-10-16)22-11-13-23(14-12-22)19(24)25-20(3,4)5/h7-10,17-18H,6,11-14,21H2,1-5H3. The number of rotatable bonds is 4. The number of aryl methyl sites for hydroxylation is 1. The molecule has 2 atom stereocenters. The van der Waals surface area contributed by atoms with Crippen LogP contribution in [0.1, 0.15) is 51.3 Å². The van der Waals surface area contributed by atoms with Gasteiger partial charge in [0, 0.05) is 32.2 Å². The van der Waals surface area contributed by atoms with Crippen LogP contribution in [0.2, 0.25) is 0 Å². The van der Waals surface area contributed by atoms with Crippen LogP contribution in [0.4, 0.5) is 4.79 Å². The average molecular weight is 348 g/mol. The lowest BCUT2D eigenvalue weighted by atomic mass is 9.95. The van der Waals surface area contributed by atoms with Gasteiger partial charge in [-0.05, 0) is 39.7 Å². The molecule has 0 saturated carbocycles. The largest absolute Gasteiger partial charge is 0.444 e. The van der Waals surface area contributed by atoms with E-state index in [0.717, 1.165) is 19.5 Å². The molecule has 2 rings (SSSR count). The molecule has 0 bridgehead atoms. The van der Waals surface area contributed by atoms with Gasteiger partial charge in [-0.25, -0.2) is 4.79 Å². The molecule has 0 aliphatic carbocycles. The van der Waals surface area contributed by atoms with E-state index in [1.54, 1.807) is 4.90 Å². The number of ether oxygens (including phenoxy) is 1. The van der Waals surface area contributed by atoms with E-state index in [4.69, 9.17) is 10.5 Å². The number of nitrogens with two attached hydrogens (primary N) is 1. The lowest BCUT2D eigenvalue weighted by molar-refractivity contribution is 0.00871. The first-order valence-corrected chi connectivity index (χ1v) is 9.25. The summed E-state index contributed by atoms with van der Waals surface area (Å²) in [5.74, 6) is 0. The third-order valence-electron chi connectivity index (χ3n) is 4.66. The first kappa shape index (κ1) is 19.7. The molecular weight excluding hydrogens is 314 g/mol. The Morgan fingerprint density at radius 3 is 2.20 bits per heavy atom. The lowest BCUT2D eigenvalue weighted by Gasteiger charge is -2.41. The molecule has 1 aromatic carbocycles. The second-order valence-electron chi connectivity index (χ2n) is 7.93. The summed E-state index contributed by atoms with van der Waals surface area (Å²) in [4.78, 5) is 16.4. The Balaban J connectivity index is 2.04. The Morgan fingerprint density at radius 2 is 1.72 bits per heavy atom. The highest BCUT2D eigenvalue weighted by atomic mass is 16.6. The maximum atomic E-state index is 12.2. The molecule has 1 heterocycles. The number of carbonyl (C=O) groups excluding carboxylic acids is 1. The molecule has 1 aliphatic rings. The van der Waals surface area contributed by atoms with Gasteiger partial charge >= 0.3 is 6.09 Å². The van der Waals surface area contributed by atoms with Crippen LogP contribution in [-0.2, 0) is 4.74 Å². The van der Waals surface area contributed by atoms with Crippen molar-refractivity contribution in [3.05, 3.63) is 35.4 Å². The van der Waals surface area contributed by atoms with Crippen LogP contribution in [0, 0.1) is 6.92 Å². The second kappa shape index (κ2) is 8.19. The van der Waals surface area contributed by atoms with E-state index < -0.39 is 5.60 Å². The zero-order chi connectivity index (χ0) is 18.6. The molecule has 5 nitrogen and oxygen atoms in total. The van der Waals surface area contributed by atoms with Crippen molar-refractivity contribution in [2.24, 2.45) is 5.73 Å². The third-order valence-corrected chi connectivity index (χ3v) is 4.66. The van der Waals surface area contributed by atoms with Crippen molar-refractivity contribution >= 4 is 6.09 Å². The Bertz CT molecular complexity index is 557. The molecule has 0 spiro atoms. The minimum Gasteiger partial charge on any atom is -0.444 e. The van der Waals surface area contributed by atoms with Crippen LogP contribution < -0.4 is 5.73 Å². The normalized spacial score (nSPS) is 18.7. The molecule has 1 aromatic rings. The van der Waals surface area contributed by atoms with Crippen LogP contribution in [0.5, 0.6) is 0 Å². The number of piperazine rings is 1. The van der Waals surface area contributed by atoms with E-state index in [1.165, 1.54) is 11.1 Å². The predicted octanol–water partition coefficient (Wildman–Crippen LogP) is 3.33. The monoisotopic (exact) mass is 347 g/mol. The topological polar surface area (TPSA) is 58.8 Å². The van der Waals surface area contributed by atoms with Crippen LogP contribution >= 0.6 is 0 Å². The highest BCUT2D eigenvalue weighted by Crippen LogP contribution is 2.27. The van der Waals surface area contributed by atoms with E-state index in [9.17, 15) is 4.79 Å². The summed E-state index contributed by atoms with van der Waals surface area (Å²) in [6, 6.07) is 8.90. The second-order valence-corrected chi connectivity index (χ2v) is 7.93. The molecule has 1 aliphatic heterocycles. The number of hydrogen-bond acceptors (Lipinski definition) is 4. The zero-order valence-corrected chi connectivity index (χ0v) is 16.3. The molecule has 1 fully saturated rings. The molecule has 25 heavy (non-hydrogen) atoms. The lowest BCUT2D eigenvalue weighted by Crippen LogP contribution is -2.53. The van der Waals surface area contributed by atoms with Crippen LogP contribution in [0.3, 0.4) is 0 Å². The van der Waals surface area contributed by atoms with Gasteiger partial charge in [0.1, 0.15) is 5.60 Å². The number of nitrogens with zero attached hydrogens (tertiary/aromatic N) is 2. The van der Waals surface area contributed by atoms with Gasteiger partial charge in [-0.3, -0.25) is 4.90 Å². The Kier molecular flexibility index (Phi) is 6.47. The van der Waals surface area contributed by atoms with Gasteiger partial charge < -0.3 is 15.4 Å². The summed E-state index contributed by atoms with van der Waals surface area (Å²) in [5, 5.41) is 0. The van der Waals surface area contributed by atoms with Crippen LogP contribution in [0.15, 0.2) is 24.3 Å². The van der Waals surface area contributed by atoms with E-state index in [1.807, 2.05) is 20.8 Å². The van der Waals surface area contributed by atoms with Crippen molar-refractivity contribution in [2.75, 3.05) is 26.2 Å². The molecule has 1 amide bonds. The van der Waals surface area contributed by atoms with Crippen LogP contribution in [0.25, 0.3) is 0 Å². The van der Waals surface area contributed by atoms with Gasteiger partial charge in [-0.15, -0.1) is 0 Å². The smallest absolute Gasteiger partial charge is 0.410 e. The van der Waals surface area contributed by atoms with Gasteiger partial charge in [0.25, 0.3) is 0 Å². The fraction of sp³-hybridized carbons (Fsp3) is 0.650. The van der Waals surface area contributed by atoms with Crippen molar-refractivity contribution in [1.82, 2.24) is 9.80 Å². The fourth-order valence-corrected chi connectivity index (χ4v) is 3.22. The quantitative estimate of drug-likeness (QED) is 0.908. The maximum absolute atomic E-state index is 12.2. The summed E-state index contributed by atoms with van der Waals surface area (Å²) in [6.07, 6.45) is 0.698. The van der Waals surface area contributed by atoms with Gasteiger partial charge in [0.05, 0.1) is 6.04 Å². The Labute approximate surface area is 152 Å². The molecule has 0 radical (unpaired) electrons.